The topological polar surface area (TPSA) is 3.24 Å². The zero-order valence-electron chi connectivity index (χ0n) is 23.0. The molecule has 0 amide bonds. The molecule has 0 aliphatic carbocycles. The van der Waals surface area contributed by atoms with Gasteiger partial charge in [0, 0.05) is 17.0 Å². The summed E-state index contributed by atoms with van der Waals surface area (Å²) in [6.45, 7) is -10.5. The normalized spacial score (nSPS) is 32.4. The Balaban J connectivity index is 4.06. The molecule has 1 aromatic carbocycles. The van der Waals surface area contributed by atoms with Gasteiger partial charge in [0.2, 0.25) is 0 Å². The third-order valence-electron chi connectivity index (χ3n) is 1.22. The van der Waals surface area contributed by atoms with Gasteiger partial charge in [-0.15, -0.1) is 6.40 Å². The van der Waals surface area contributed by atoms with Gasteiger partial charge in [0.05, 0.1) is 16.1 Å². The summed E-state index contributed by atoms with van der Waals surface area (Å²) in [5.74, 6) is 1.57. The molecule has 0 aliphatic rings. The first-order chi connectivity index (χ1) is 13.2. The molecule has 14 heavy (non-hydrogen) atoms. The summed E-state index contributed by atoms with van der Waals surface area (Å²) in [7, 11) is 0. The first-order valence-electron chi connectivity index (χ1n) is 11.5. The van der Waals surface area contributed by atoms with Crippen LogP contribution < -0.4 is 0 Å². The Bertz CT molecular complexity index is 841. The van der Waals surface area contributed by atoms with Gasteiger partial charge in [0.1, 0.15) is 1.37 Å². The second kappa shape index (κ2) is 5.47. The predicted octanol–water partition coefficient (Wildman–Crippen LogP) is 2.18. The Kier molecular flexibility index (Phi) is 0.830. The van der Waals surface area contributed by atoms with Crippen LogP contribution in [0.5, 0.6) is 0 Å². The lowest BCUT2D eigenvalue weighted by atomic mass is 10.1. The Hall–Kier alpha value is -1.26. The fourth-order valence-electron chi connectivity index (χ4n) is 0.648. The second-order valence-electron chi connectivity index (χ2n) is 2.15. The molecule has 0 radical (unpaired) electrons. The van der Waals surface area contributed by atoms with Gasteiger partial charge in [-0.1, -0.05) is 36.1 Å². The molecule has 0 heterocycles. The maximum Gasteiger partial charge on any atom is 0.124 e. The smallest absolute Gasteiger partial charge is 0.124 e. The van der Waals surface area contributed by atoms with E-state index < -0.39 is 68.5 Å². The molecule has 1 heteroatoms. The van der Waals surface area contributed by atoms with Crippen LogP contribution in [0, 0.1) is 12.3 Å². The minimum Gasteiger partial charge on any atom is -0.292 e. The average molecular weight is 203 g/mol. The minimum atomic E-state index is -3.59. The Morgan fingerprint density at radius 2 is 2.57 bits per heavy atom. The van der Waals surface area contributed by atoms with Gasteiger partial charge in [-0.2, -0.15) is 0 Å². The van der Waals surface area contributed by atoms with Crippen molar-refractivity contribution in [3.8, 4) is 12.3 Å². The first kappa shape index (κ1) is 2.13. The van der Waals surface area contributed by atoms with Crippen LogP contribution in [0.1, 0.15) is 34.3 Å². The molecule has 1 atom stereocenters. The molecule has 0 bridgehead atoms. The lowest BCUT2D eigenvalue weighted by Gasteiger charge is -2.22. The lowest BCUT2D eigenvalue weighted by molar-refractivity contribution is 0.287. The van der Waals surface area contributed by atoms with E-state index in [0.29, 0.717) is 0 Å². The number of likely N-dealkylation sites (N-methyl/N-ethyl adjacent to an activating group) is 1. The molecule has 1 nitrogen and oxygen atoms in total. The number of nitrogens with zero attached hydrogens (tertiary/aromatic N) is 1. The van der Waals surface area contributed by atoms with Crippen molar-refractivity contribution in [2.24, 2.45) is 0 Å². The van der Waals surface area contributed by atoms with Gasteiger partial charge in [-0.3, -0.25) is 4.90 Å². The number of hydrogen-bond donors (Lipinski definition) is 0. The molecule has 0 fully saturated rings. The van der Waals surface area contributed by atoms with Gasteiger partial charge < -0.3 is 0 Å². The van der Waals surface area contributed by atoms with Crippen molar-refractivity contribution in [2.75, 3.05) is 13.5 Å². The summed E-state index contributed by atoms with van der Waals surface area (Å²) in [6.07, 6.45) is -2.11. The monoisotopic (exact) mass is 203 g/mol. The molecule has 0 saturated carbocycles. The zero-order chi connectivity index (χ0) is 24.0. The predicted molar refractivity (Wildman–Crippen MR) is 61.1 cm³/mol. The summed E-state index contributed by atoms with van der Waals surface area (Å²) >= 11 is 0. The van der Waals surface area contributed by atoms with Gasteiger partial charge in [0.15, 0.2) is 0 Å². The summed E-state index contributed by atoms with van der Waals surface area (Å²) in [5, 5.41) is 0. The molecular weight excluding hydrogens is 170 g/mol. The Morgan fingerprint density at radius 1 is 1.71 bits per heavy atom. The van der Waals surface area contributed by atoms with Crippen molar-refractivity contribution in [1.29, 1.82) is 0 Å². The molecular formula is C13H17N. The van der Waals surface area contributed by atoms with Crippen LogP contribution in [-0.2, 0) is 6.37 Å². The van der Waals surface area contributed by atoms with E-state index in [4.69, 9.17) is 21.9 Å². The molecule has 0 N–H and O–H groups in total. The first-order valence-corrected chi connectivity index (χ1v) is 3.53. The summed E-state index contributed by atoms with van der Waals surface area (Å²) in [5.41, 5.74) is -1.14. The van der Waals surface area contributed by atoms with E-state index in [1.54, 1.807) is 5.92 Å². The molecule has 0 saturated heterocycles. The van der Waals surface area contributed by atoms with E-state index in [2.05, 4.69) is 0 Å². The van der Waals surface area contributed by atoms with Gasteiger partial charge in [-0.05, 0) is 25.8 Å². The van der Waals surface area contributed by atoms with E-state index in [0.717, 1.165) is 0 Å². The zero-order valence-corrected chi connectivity index (χ0v) is 7.02. The van der Waals surface area contributed by atoms with Gasteiger partial charge in [0.25, 0.3) is 0 Å². The fraction of sp³-hybridized carbons (Fsp3) is 0.385. The molecule has 0 unspecified atom stereocenters. The van der Waals surface area contributed by atoms with Crippen LogP contribution in [0.4, 0.5) is 0 Å². The molecule has 1 aromatic rings. The van der Waals surface area contributed by atoms with Crippen LogP contribution in [0.25, 0.3) is 0 Å². The van der Waals surface area contributed by atoms with Crippen LogP contribution in [0.3, 0.4) is 0 Å². The van der Waals surface area contributed by atoms with Crippen LogP contribution in [0.2, 0.25) is 0 Å². The highest BCUT2D eigenvalue weighted by Gasteiger charge is 2.07. The van der Waals surface area contributed by atoms with Crippen LogP contribution in [0.15, 0.2) is 30.2 Å². The summed E-state index contributed by atoms with van der Waals surface area (Å²) in [6, 6.07) is -7.90. The quantitative estimate of drug-likeness (QED) is 0.678. The van der Waals surface area contributed by atoms with Crippen molar-refractivity contribution in [1.82, 2.24) is 4.90 Å². The average Bonchev–Trinajstić information content (AvgIpc) is 2.53. The third kappa shape index (κ3) is 3.24. The largest absolute Gasteiger partial charge is 0.292 e. The van der Waals surface area contributed by atoms with E-state index in [1.165, 1.54) is 6.40 Å². The van der Waals surface area contributed by atoms with E-state index in [9.17, 15) is 0 Å². The Morgan fingerprint density at radius 3 is 3.21 bits per heavy atom. The number of hydrogen-bond acceptors (Lipinski definition) is 1. The summed E-state index contributed by atoms with van der Waals surface area (Å²) < 4.78 is 124. The highest BCUT2D eigenvalue weighted by atomic mass is 15.1. The van der Waals surface area contributed by atoms with Crippen LogP contribution >= 0.6 is 0 Å². The lowest BCUT2D eigenvalue weighted by Crippen LogP contribution is -2.31. The van der Waals surface area contributed by atoms with Crippen molar-refractivity contribution >= 4 is 0 Å². The van der Waals surface area contributed by atoms with Crippen molar-refractivity contribution in [3.63, 3.8) is 0 Å². The van der Waals surface area contributed by atoms with E-state index in [-0.39, 0.29) is 4.90 Å². The van der Waals surface area contributed by atoms with Gasteiger partial charge in [-0.25, -0.2) is 0 Å². The standard InChI is InChI=1S/C13H17N/c1-4-10-14(3)12(2)11-13-8-6-5-7-9-13/h1,5-9,12H,10-11H2,2-3H3/t12-/m1/s1/i1D,2D3,3D3,5D,6D,7D,8D,9D,10D2,11D2. The molecule has 1 rings (SSSR count). The second-order valence-corrected chi connectivity index (χ2v) is 2.15. The number of benzene rings is 1. The van der Waals surface area contributed by atoms with Gasteiger partial charge >= 0.3 is 0 Å². The molecule has 0 spiro atoms. The highest BCUT2D eigenvalue weighted by Crippen LogP contribution is 2.06. The molecule has 0 aliphatic heterocycles. The minimum absolute atomic E-state index is 0.366. The third-order valence-corrected chi connectivity index (χ3v) is 1.22. The SMILES string of the molecule is [2H]C#CC([2H])([2H])N([C@H](C([2H])([2H])[2H])C([2H])([2H])c1c([2H])c([2H])c([2H])c([2H])c1[2H])C([2H])([2H])[2H]. The highest BCUT2D eigenvalue weighted by molar-refractivity contribution is 5.15. The Labute approximate surface area is 109 Å². The maximum atomic E-state index is 8.33. The fourth-order valence-corrected chi connectivity index (χ4v) is 0.648. The maximum absolute atomic E-state index is 8.33. The van der Waals surface area contributed by atoms with Crippen LogP contribution in [-0.4, -0.2) is 24.4 Å². The summed E-state index contributed by atoms with van der Waals surface area (Å²) in [4.78, 5) is -0.366. The van der Waals surface area contributed by atoms with E-state index in [1.807, 2.05) is 0 Å². The number of rotatable bonds is 4. The number of terminal acetylenes is 1. The van der Waals surface area contributed by atoms with Crippen molar-refractivity contribution in [3.05, 3.63) is 35.8 Å². The van der Waals surface area contributed by atoms with Crippen molar-refractivity contribution < 1.29 is 21.9 Å². The van der Waals surface area contributed by atoms with Crippen molar-refractivity contribution in [2.45, 2.75) is 19.3 Å². The van der Waals surface area contributed by atoms with E-state index >= 15 is 0 Å². The molecule has 0 aromatic heterocycles. The molecule has 74 valence electrons.